The second kappa shape index (κ2) is 7.75. The third kappa shape index (κ3) is 3.82. The average molecular weight is 414 g/mol. The Morgan fingerprint density at radius 1 is 1.03 bits per heavy atom. The maximum atomic E-state index is 13.5. The maximum Gasteiger partial charge on any atom is 0.273 e. The number of pyridine rings is 1. The summed E-state index contributed by atoms with van der Waals surface area (Å²) in [5, 5.41) is 5.53. The molecule has 2 aromatic heterocycles. The highest BCUT2D eigenvalue weighted by molar-refractivity contribution is 5.94. The Balaban J connectivity index is 1.47. The fourth-order valence-corrected chi connectivity index (χ4v) is 3.71. The van der Waals surface area contributed by atoms with Crippen molar-refractivity contribution in [2.45, 2.75) is 20.0 Å². The summed E-state index contributed by atoms with van der Waals surface area (Å²) in [6.45, 7) is 2.99. The summed E-state index contributed by atoms with van der Waals surface area (Å²) in [6, 6.07) is 19.2. The van der Waals surface area contributed by atoms with Crippen LogP contribution in [0.25, 0.3) is 10.9 Å². The van der Waals surface area contributed by atoms with E-state index < -0.39 is 0 Å². The molecule has 0 saturated heterocycles. The molecule has 1 aliphatic heterocycles. The van der Waals surface area contributed by atoms with Crippen molar-refractivity contribution in [1.29, 1.82) is 0 Å². The zero-order chi connectivity index (χ0) is 21.4. The predicted octanol–water partition coefficient (Wildman–Crippen LogP) is 3.85. The molecule has 5 rings (SSSR count). The van der Waals surface area contributed by atoms with E-state index in [9.17, 15) is 4.79 Å². The smallest absolute Gasteiger partial charge is 0.273 e. The first-order valence-electron chi connectivity index (χ1n) is 10.1. The molecule has 0 aliphatic carbocycles. The van der Waals surface area contributed by atoms with Crippen LogP contribution < -0.4 is 9.47 Å². The molecule has 0 atom stereocenters. The van der Waals surface area contributed by atoms with Gasteiger partial charge >= 0.3 is 0 Å². The molecule has 3 heterocycles. The van der Waals surface area contributed by atoms with E-state index in [2.05, 4.69) is 10.1 Å². The highest BCUT2D eigenvalue weighted by Crippen LogP contribution is 2.33. The van der Waals surface area contributed by atoms with Crippen LogP contribution in [0.15, 0.2) is 60.7 Å². The van der Waals surface area contributed by atoms with Crippen molar-refractivity contribution in [2.24, 2.45) is 7.05 Å². The number of amides is 1. The number of carbonyl (C=O) groups is 1. The molecule has 1 amide bonds. The largest absolute Gasteiger partial charge is 0.454 e. The van der Waals surface area contributed by atoms with Crippen LogP contribution in [0.3, 0.4) is 0 Å². The first kappa shape index (κ1) is 19.1. The normalized spacial score (nSPS) is 12.3. The van der Waals surface area contributed by atoms with Gasteiger partial charge in [-0.05, 0) is 42.8 Å². The van der Waals surface area contributed by atoms with Crippen LogP contribution in [0.2, 0.25) is 0 Å². The number of hydrogen-bond donors (Lipinski definition) is 0. The summed E-state index contributed by atoms with van der Waals surface area (Å²) < 4.78 is 12.7. The second-order valence-corrected chi connectivity index (χ2v) is 7.64. The molecule has 0 fully saturated rings. The lowest BCUT2D eigenvalue weighted by molar-refractivity contribution is 0.0722. The van der Waals surface area contributed by atoms with Gasteiger partial charge in [-0.25, -0.2) is 4.98 Å². The van der Waals surface area contributed by atoms with E-state index in [1.54, 1.807) is 11.0 Å². The van der Waals surface area contributed by atoms with Gasteiger partial charge in [0, 0.05) is 24.7 Å². The number of aromatic nitrogens is 3. The third-order valence-electron chi connectivity index (χ3n) is 5.43. The van der Waals surface area contributed by atoms with Gasteiger partial charge < -0.3 is 14.4 Å². The molecular weight excluding hydrogens is 392 g/mol. The van der Waals surface area contributed by atoms with E-state index in [1.807, 2.05) is 73.3 Å². The fraction of sp³-hybridized carbons (Fsp3) is 0.208. The van der Waals surface area contributed by atoms with Gasteiger partial charge in [0.25, 0.3) is 5.91 Å². The van der Waals surface area contributed by atoms with Crippen LogP contribution in [0.1, 0.15) is 27.4 Å². The SMILES string of the molecule is Cc1cc(CN(Cc2ccc3c(c2)OCO3)C(=O)c2ccc3ccccc3n2)nn1C. The molecule has 0 spiro atoms. The summed E-state index contributed by atoms with van der Waals surface area (Å²) in [7, 11) is 1.90. The van der Waals surface area contributed by atoms with Crippen molar-refractivity contribution in [3.05, 3.63) is 83.3 Å². The van der Waals surface area contributed by atoms with Gasteiger partial charge in [0.2, 0.25) is 6.79 Å². The van der Waals surface area contributed by atoms with E-state index in [0.29, 0.717) is 24.5 Å². The summed E-state index contributed by atoms with van der Waals surface area (Å²) in [5.74, 6) is 1.27. The van der Waals surface area contributed by atoms with Crippen LogP contribution in [0.4, 0.5) is 0 Å². The quantitative estimate of drug-likeness (QED) is 0.496. The number of ether oxygens (including phenoxy) is 2. The molecule has 0 unspecified atom stereocenters. The molecule has 1 aliphatic rings. The number of nitrogens with zero attached hydrogens (tertiary/aromatic N) is 4. The van der Waals surface area contributed by atoms with Gasteiger partial charge in [-0.1, -0.05) is 30.3 Å². The van der Waals surface area contributed by atoms with Gasteiger partial charge in [0.05, 0.1) is 17.8 Å². The summed E-state index contributed by atoms with van der Waals surface area (Å²) in [6.07, 6.45) is 0. The lowest BCUT2D eigenvalue weighted by atomic mass is 10.1. The van der Waals surface area contributed by atoms with Gasteiger partial charge in [0.1, 0.15) is 5.69 Å². The molecule has 0 radical (unpaired) electrons. The predicted molar refractivity (Wildman–Crippen MR) is 116 cm³/mol. The minimum absolute atomic E-state index is 0.147. The van der Waals surface area contributed by atoms with Gasteiger partial charge in [-0.3, -0.25) is 9.48 Å². The van der Waals surface area contributed by atoms with Crippen molar-refractivity contribution in [2.75, 3.05) is 6.79 Å². The molecule has 4 aromatic rings. The van der Waals surface area contributed by atoms with Crippen LogP contribution in [0, 0.1) is 6.92 Å². The second-order valence-electron chi connectivity index (χ2n) is 7.64. The molecule has 156 valence electrons. The lowest BCUT2D eigenvalue weighted by Crippen LogP contribution is -2.31. The summed E-state index contributed by atoms with van der Waals surface area (Å²) in [5.41, 5.74) is 4.02. The fourth-order valence-electron chi connectivity index (χ4n) is 3.71. The molecule has 7 nitrogen and oxygen atoms in total. The van der Waals surface area contributed by atoms with Crippen molar-refractivity contribution < 1.29 is 14.3 Å². The number of carbonyl (C=O) groups excluding carboxylic acids is 1. The Bertz CT molecular complexity index is 1260. The third-order valence-corrected chi connectivity index (χ3v) is 5.43. The maximum absolute atomic E-state index is 13.5. The number of rotatable bonds is 5. The van der Waals surface area contributed by atoms with E-state index in [-0.39, 0.29) is 12.7 Å². The molecule has 0 N–H and O–H groups in total. The average Bonchev–Trinajstić information content (AvgIpc) is 3.37. The Hall–Kier alpha value is -3.87. The van der Waals surface area contributed by atoms with Crippen LogP contribution in [0.5, 0.6) is 11.5 Å². The number of benzene rings is 2. The molecular formula is C24H22N4O3. The van der Waals surface area contributed by atoms with Crippen LogP contribution in [-0.4, -0.2) is 32.4 Å². The standard InChI is InChI=1S/C24H22N4O3/c1-16-11-19(26-27(16)2)14-28(13-17-7-10-22-23(12-17)31-15-30-22)24(29)21-9-8-18-5-3-4-6-20(18)25-21/h3-12H,13-15H2,1-2H3. The zero-order valence-electron chi connectivity index (χ0n) is 17.4. The number of hydrogen-bond acceptors (Lipinski definition) is 5. The topological polar surface area (TPSA) is 69.5 Å². The highest BCUT2D eigenvalue weighted by atomic mass is 16.7. The van der Waals surface area contributed by atoms with Crippen molar-refractivity contribution in [1.82, 2.24) is 19.7 Å². The number of fused-ring (bicyclic) bond motifs is 2. The zero-order valence-corrected chi connectivity index (χ0v) is 17.4. The Morgan fingerprint density at radius 3 is 2.71 bits per heavy atom. The molecule has 31 heavy (non-hydrogen) atoms. The monoisotopic (exact) mass is 414 g/mol. The Labute approximate surface area is 179 Å². The van der Waals surface area contributed by atoms with E-state index >= 15 is 0 Å². The van der Waals surface area contributed by atoms with Gasteiger partial charge in [-0.15, -0.1) is 0 Å². The molecule has 0 bridgehead atoms. The van der Waals surface area contributed by atoms with Crippen molar-refractivity contribution in [3.63, 3.8) is 0 Å². The summed E-state index contributed by atoms with van der Waals surface area (Å²) >= 11 is 0. The molecule has 7 heteroatoms. The van der Waals surface area contributed by atoms with Gasteiger partial charge in [-0.2, -0.15) is 5.10 Å². The number of aryl methyl sites for hydroxylation is 2. The first-order chi connectivity index (χ1) is 15.1. The van der Waals surface area contributed by atoms with Crippen molar-refractivity contribution >= 4 is 16.8 Å². The minimum Gasteiger partial charge on any atom is -0.454 e. The Kier molecular flexibility index (Phi) is 4.78. The van der Waals surface area contributed by atoms with E-state index in [4.69, 9.17) is 9.47 Å². The van der Waals surface area contributed by atoms with E-state index in [1.165, 1.54) is 0 Å². The van der Waals surface area contributed by atoms with Crippen LogP contribution >= 0.6 is 0 Å². The van der Waals surface area contributed by atoms with Crippen molar-refractivity contribution in [3.8, 4) is 11.5 Å². The first-order valence-corrected chi connectivity index (χ1v) is 10.1. The summed E-state index contributed by atoms with van der Waals surface area (Å²) in [4.78, 5) is 19.9. The van der Waals surface area contributed by atoms with E-state index in [0.717, 1.165) is 33.6 Å². The van der Waals surface area contributed by atoms with Gasteiger partial charge in [0.15, 0.2) is 11.5 Å². The number of para-hydroxylation sites is 1. The lowest BCUT2D eigenvalue weighted by Gasteiger charge is -2.22. The highest BCUT2D eigenvalue weighted by Gasteiger charge is 2.21. The van der Waals surface area contributed by atoms with Crippen LogP contribution in [-0.2, 0) is 20.1 Å². The Morgan fingerprint density at radius 2 is 1.87 bits per heavy atom. The molecule has 2 aromatic carbocycles. The minimum atomic E-state index is -0.147. The molecule has 0 saturated carbocycles.